The van der Waals surface area contributed by atoms with Crippen LogP contribution in [0.3, 0.4) is 0 Å². The van der Waals surface area contributed by atoms with Gasteiger partial charge < -0.3 is 5.73 Å². The summed E-state index contributed by atoms with van der Waals surface area (Å²) in [5.74, 6) is 0. The van der Waals surface area contributed by atoms with Crippen LogP contribution in [0.5, 0.6) is 0 Å². The number of hydrogen-bond donors (Lipinski definition) is 1. The lowest BCUT2D eigenvalue weighted by molar-refractivity contribution is 0.576. The summed E-state index contributed by atoms with van der Waals surface area (Å²) < 4.78 is 3.43. The van der Waals surface area contributed by atoms with E-state index >= 15 is 0 Å². The molecule has 0 aliphatic carbocycles. The van der Waals surface area contributed by atoms with Gasteiger partial charge in [0.2, 0.25) is 0 Å². The van der Waals surface area contributed by atoms with E-state index in [1.165, 1.54) is 16.8 Å². The van der Waals surface area contributed by atoms with Gasteiger partial charge in [-0.15, -0.1) is 0 Å². The molecule has 0 bridgehead atoms. The third-order valence-electron chi connectivity index (χ3n) is 2.61. The minimum absolute atomic E-state index is 0.215. The first kappa shape index (κ1) is 13.7. The van der Waals surface area contributed by atoms with E-state index in [0.29, 0.717) is 6.54 Å². The first-order valence-corrected chi connectivity index (χ1v) is 6.52. The number of aromatic nitrogens is 3. The molecule has 0 fully saturated rings. The van der Waals surface area contributed by atoms with Crippen molar-refractivity contribution >= 4 is 15.9 Å². The summed E-state index contributed by atoms with van der Waals surface area (Å²) in [5.41, 5.74) is 5.42. The minimum Gasteiger partial charge on any atom is -0.329 e. The van der Waals surface area contributed by atoms with Crippen LogP contribution in [0.25, 0.3) is 0 Å². The predicted octanol–water partition coefficient (Wildman–Crippen LogP) is 0.175. The van der Waals surface area contributed by atoms with Gasteiger partial charge in [0.25, 0.3) is 5.56 Å². The molecule has 2 aromatic heterocycles. The van der Waals surface area contributed by atoms with Crippen LogP contribution >= 0.6 is 15.9 Å². The second-order valence-electron chi connectivity index (χ2n) is 3.97. The summed E-state index contributed by atoms with van der Waals surface area (Å²) in [6.45, 7) is 0.777. The molecular weight excluding hydrogens is 312 g/mol. The quantitative estimate of drug-likeness (QED) is 0.869. The molecule has 0 saturated heterocycles. The van der Waals surface area contributed by atoms with Gasteiger partial charge >= 0.3 is 5.69 Å². The summed E-state index contributed by atoms with van der Waals surface area (Å²) in [5, 5.41) is 0. The first-order chi connectivity index (χ1) is 9.11. The number of rotatable bonds is 4. The van der Waals surface area contributed by atoms with Crippen LogP contribution < -0.4 is 17.0 Å². The standard InChI is InChI=1S/C12H13BrN4O2/c13-9-1-2-10(15-7-9)8-16-5-3-11(18)17(6-4-14)12(16)19/h1-3,5,7H,4,6,8,14H2. The summed E-state index contributed by atoms with van der Waals surface area (Å²) >= 11 is 3.30. The van der Waals surface area contributed by atoms with Crippen molar-refractivity contribution in [1.29, 1.82) is 0 Å². The molecular formula is C12H13BrN4O2. The van der Waals surface area contributed by atoms with Crippen molar-refractivity contribution < 1.29 is 0 Å². The monoisotopic (exact) mass is 324 g/mol. The Balaban J connectivity index is 2.36. The Morgan fingerprint density at radius 2 is 2.05 bits per heavy atom. The largest absolute Gasteiger partial charge is 0.331 e. The fraction of sp³-hybridized carbons (Fsp3) is 0.250. The lowest BCUT2D eigenvalue weighted by Gasteiger charge is -2.08. The van der Waals surface area contributed by atoms with Crippen molar-refractivity contribution in [3.05, 3.63) is 61.6 Å². The Labute approximate surface area is 117 Å². The molecule has 2 rings (SSSR count). The molecule has 6 nitrogen and oxygen atoms in total. The molecule has 7 heteroatoms. The molecule has 0 atom stereocenters. The summed E-state index contributed by atoms with van der Waals surface area (Å²) in [6, 6.07) is 5.02. The van der Waals surface area contributed by atoms with Gasteiger partial charge in [0.1, 0.15) is 0 Å². The fourth-order valence-corrected chi connectivity index (χ4v) is 1.92. The molecule has 0 aromatic carbocycles. The zero-order valence-electron chi connectivity index (χ0n) is 10.1. The smallest absolute Gasteiger partial charge is 0.329 e. The Kier molecular flexibility index (Phi) is 4.28. The topological polar surface area (TPSA) is 82.9 Å². The molecule has 100 valence electrons. The summed E-state index contributed by atoms with van der Waals surface area (Å²) in [6.07, 6.45) is 3.14. The third kappa shape index (κ3) is 3.18. The molecule has 0 spiro atoms. The van der Waals surface area contributed by atoms with Gasteiger partial charge in [-0.25, -0.2) is 4.79 Å². The average Bonchev–Trinajstić information content (AvgIpc) is 2.40. The van der Waals surface area contributed by atoms with Gasteiger partial charge in [0.15, 0.2) is 0 Å². The maximum Gasteiger partial charge on any atom is 0.331 e. The van der Waals surface area contributed by atoms with Crippen molar-refractivity contribution in [3.63, 3.8) is 0 Å². The Bertz CT molecular complexity index is 675. The highest BCUT2D eigenvalue weighted by atomic mass is 79.9. The number of nitrogens with two attached hydrogens (primary N) is 1. The third-order valence-corrected chi connectivity index (χ3v) is 3.08. The highest BCUT2D eigenvalue weighted by Crippen LogP contribution is 2.07. The van der Waals surface area contributed by atoms with Crippen molar-refractivity contribution in [2.24, 2.45) is 5.73 Å². The van der Waals surface area contributed by atoms with E-state index in [4.69, 9.17) is 5.73 Å². The second-order valence-corrected chi connectivity index (χ2v) is 4.89. The van der Waals surface area contributed by atoms with Crippen LogP contribution in [0, 0.1) is 0 Å². The lowest BCUT2D eigenvalue weighted by atomic mass is 10.3. The molecule has 0 aliphatic heterocycles. The van der Waals surface area contributed by atoms with Crippen LogP contribution in [0.2, 0.25) is 0 Å². The van der Waals surface area contributed by atoms with Crippen LogP contribution in [0.1, 0.15) is 5.69 Å². The molecule has 2 aromatic rings. The minimum atomic E-state index is -0.373. The van der Waals surface area contributed by atoms with E-state index in [2.05, 4.69) is 20.9 Å². The zero-order valence-corrected chi connectivity index (χ0v) is 11.7. The number of halogens is 1. The van der Waals surface area contributed by atoms with Crippen LogP contribution in [-0.4, -0.2) is 20.7 Å². The lowest BCUT2D eigenvalue weighted by Crippen LogP contribution is -2.40. The van der Waals surface area contributed by atoms with E-state index in [1.807, 2.05) is 12.1 Å². The van der Waals surface area contributed by atoms with E-state index in [1.54, 1.807) is 6.20 Å². The average molecular weight is 325 g/mol. The number of nitrogens with zero attached hydrogens (tertiary/aromatic N) is 3. The van der Waals surface area contributed by atoms with Crippen molar-refractivity contribution in [2.45, 2.75) is 13.1 Å². The van der Waals surface area contributed by atoms with Gasteiger partial charge in [-0.1, -0.05) is 0 Å². The van der Waals surface area contributed by atoms with Crippen LogP contribution in [0.4, 0.5) is 0 Å². The van der Waals surface area contributed by atoms with E-state index < -0.39 is 0 Å². The van der Waals surface area contributed by atoms with Gasteiger partial charge in [-0.2, -0.15) is 0 Å². The Morgan fingerprint density at radius 1 is 1.26 bits per heavy atom. The van der Waals surface area contributed by atoms with Gasteiger partial charge in [0.05, 0.1) is 12.2 Å². The summed E-state index contributed by atoms with van der Waals surface area (Å²) in [7, 11) is 0. The molecule has 19 heavy (non-hydrogen) atoms. The second kappa shape index (κ2) is 5.94. The SMILES string of the molecule is NCCn1c(=O)ccn(Cc2ccc(Br)cn2)c1=O. The zero-order chi connectivity index (χ0) is 13.8. The maximum atomic E-state index is 12.1. The summed E-state index contributed by atoms with van der Waals surface area (Å²) in [4.78, 5) is 27.8. The molecule has 0 amide bonds. The van der Waals surface area contributed by atoms with E-state index in [-0.39, 0.29) is 24.3 Å². The molecule has 0 saturated carbocycles. The maximum absolute atomic E-state index is 12.1. The van der Waals surface area contributed by atoms with Gasteiger partial charge in [-0.05, 0) is 28.1 Å². The fourth-order valence-electron chi connectivity index (χ4n) is 1.69. The molecule has 2 heterocycles. The van der Waals surface area contributed by atoms with Crippen molar-refractivity contribution in [2.75, 3.05) is 6.54 Å². The van der Waals surface area contributed by atoms with E-state index in [0.717, 1.165) is 14.7 Å². The predicted molar refractivity (Wildman–Crippen MR) is 75.1 cm³/mol. The molecule has 2 N–H and O–H groups in total. The Hall–Kier alpha value is -1.73. The van der Waals surface area contributed by atoms with Crippen LogP contribution in [0.15, 0.2) is 44.7 Å². The van der Waals surface area contributed by atoms with Crippen molar-refractivity contribution in [3.8, 4) is 0 Å². The highest BCUT2D eigenvalue weighted by Gasteiger charge is 2.05. The van der Waals surface area contributed by atoms with Crippen LogP contribution in [-0.2, 0) is 13.1 Å². The number of hydrogen-bond acceptors (Lipinski definition) is 4. The Morgan fingerprint density at radius 3 is 2.68 bits per heavy atom. The van der Waals surface area contributed by atoms with E-state index in [9.17, 15) is 9.59 Å². The molecule has 0 aliphatic rings. The van der Waals surface area contributed by atoms with Crippen molar-refractivity contribution in [1.82, 2.24) is 14.1 Å². The first-order valence-electron chi connectivity index (χ1n) is 5.72. The molecule has 0 unspecified atom stereocenters. The van der Waals surface area contributed by atoms with Gasteiger partial charge in [-0.3, -0.25) is 18.9 Å². The highest BCUT2D eigenvalue weighted by molar-refractivity contribution is 9.10. The molecule has 0 radical (unpaired) electrons. The van der Waals surface area contributed by atoms with Gasteiger partial charge in [0, 0.05) is 36.0 Å². The number of pyridine rings is 1. The normalized spacial score (nSPS) is 10.6.